The van der Waals surface area contributed by atoms with Crippen molar-refractivity contribution in [1.29, 1.82) is 0 Å². The average molecular weight is 372 g/mol. The number of rotatable bonds is 4. The van der Waals surface area contributed by atoms with Gasteiger partial charge in [-0.3, -0.25) is 14.5 Å². The summed E-state index contributed by atoms with van der Waals surface area (Å²) in [5.74, 6) is -0.375. The summed E-state index contributed by atoms with van der Waals surface area (Å²) in [5.41, 5.74) is 0.630. The van der Waals surface area contributed by atoms with Gasteiger partial charge in [0.15, 0.2) is 0 Å². The van der Waals surface area contributed by atoms with E-state index in [1.807, 2.05) is 0 Å². The highest BCUT2D eigenvalue weighted by molar-refractivity contribution is 5.96. The molecule has 0 saturated carbocycles. The highest BCUT2D eigenvalue weighted by Crippen LogP contribution is 2.22. The third-order valence-corrected chi connectivity index (χ3v) is 4.31. The topological polar surface area (TPSA) is 74.8 Å². The number of alkyl halides is 3. The molecule has 3 rings (SSSR count). The Kier molecular flexibility index (Phi) is 5.42. The van der Waals surface area contributed by atoms with Crippen LogP contribution in [0.4, 0.5) is 24.7 Å². The van der Waals surface area contributed by atoms with E-state index in [0.29, 0.717) is 18.7 Å². The van der Waals surface area contributed by atoms with Crippen LogP contribution in [0.2, 0.25) is 0 Å². The lowest BCUT2D eigenvalue weighted by Gasteiger charge is -2.34. The van der Waals surface area contributed by atoms with Crippen LogP contribution in [-0.4, -0.2) is 66.8 Å². The van der Waals surface area contributed by atoms with Gasteiger partial charge >= 0.3 is 6.18 Å². The highest BCUT2D eigenvalue weighted by Gasteiger charge is 2.38. The zero-order valence-electron chi connectivity index (χ0n) is 14.0. The van der Waals surface area contributed by atoms with Crippen LogP contribution in [0.1, 0.15) is 12.8 Å². The lowest BCUT2D eigenvalue weighted by molar-refractivity contribution is -0.165. The number of nitrogens with zero attached hydrogens (tertiary/aromatic N) is 3. The lowest BCUT2D eigenvalue weighted by Crippen LogP contribution is -2.54. The molecular formula is C16H19F3N4O3. The van der Waals surface area contributed by atoms with E-state index < -0.39 is 24.7 Å². The quantitative estimate of drug-likeness (QED) is 0.865. The Hall–Kier alpha value is -2.20. The number of nitrogens with one attached hydrogen (secondary N) is 1. The Balaban J connectivity index is 1.63. The molecule has 0 radical (unpaired) electrons. The third-order valence-electron chi connectivity index (χ3n) is 4.31. The molecule has 0 aliphatic carbocycles. The van der Waals surface area contributed by atoms with Crippen molar-refractivity contribution in [2.45, 2.75) is 25.1 Å². The summed E-state index contributed by atoms with van der Waals surface area (Å²) in [5, 5.41) is 2.51. The van der Waals surface area contributed by atoms with Crippen molar-refractivity contribution in [2.75, 3.05) is 43.1 Å². The first kappa shape index (κ1) is 18.6. The predicted octanol–water partition coefficient (Wildman–Crippen LogP) is 1.41. The molecule has 2 aliphatic rings. The van der Waals surface area contributed by atoms with E-state index in [2.05, 4.69) is 10.3 Å². The van der Waals surface area contributed by atoms with Crippen LogP contribution >= 0.6 is 0 Å². The van der Waals surface area contributed by atoms with Crippen LogP contribution in [0.25, 0.3) is 0 Å². The number of carbonyl (C=O) groups is 2. The highest BCUT2D eigenvalue weighted by atomic mass is 19.4. The molecule has 0 aromatic carbocycles. The first-order chi connectivity index (χ1) is 12.3. The fourth-order valence-corrected chi connectivity index (χ4v) is 3.05. The maximum atomic E-state index is 12.7. The van der Waals surface area contributed by atoms with Crippen molar-refractivity contribution in [3.05, 3.63) is 18.3 Å². The SMILES string of the molecule is O=C(Nc1ccc(N2CCCC2=O)cn1)C1COCCN1CC(F)(F)F. The van der Waals surface area contributed by atoms with Gasteiger partial charge in [-0.2, -0.15) is 13.2 Å². The summed E-state index contributed by atoms with van der Waals surface area (Å²) in [6.45, 7) is -0.476. The maximum Gasteiger partial charge on any atom is 0.401 e. The predicted molar refractivity (Wildman–Crippen MR) is 86.7 cm³/mol. The molecule has 0 spiro atoms. The molecule has 10 heteroatoms. The first-order valence-electron chi connectivity index (χ1n) is 8.29. The van der Waals surface area contributed by atoms with Crippen LogP contribution in [0.15, 0.2) is 18.3 Å². The number of carbonyl (C=O) groups excluding carboxylic acids is 2. The number of ether oxygens (including phenoxy) is 1. The molecule has 1 aromatic heterocycles. The molecule has 26 heavy (non-hydrogen) atoms. The second-order valence-electron chi connectivity index (χ2n) is 6.22. The van der Waals surface area contributed by atoms with Crippen molar-refractivity contribution in [1.82, 2.24) is 9.88 Å². The van der Waals surface area contributed by atoms with Gasteiger partial charge in [0.05, 0.1) is 31.6 Å². The molecule has 1 N–H and O–H groups in total. The molecule has 2 saturated heterocycles. The van der Waals surface area contributed by atoms with Gasteiger partial charge in [-0.15, -0.1) is 0 Å². The van der Waals surface area contributed by atoms with Gasteiger partial charge in [-0.1, -0.05) is 0 Å². The Labute approximate surface area is 148 Å². The van der Waals surface area contributed by atoms with Crippen LogP contribution in [-0.2, 0) is 14.3 Å². The minimum atomic E-state index is -4.39. The molecule has 3 heterocycles. The van der Waals surface area contributed by atoms with Gasteiger partial charge in [0.2, 0.25) is 11.8 Å². The molecule has 142 valence electrons. The van der Waals surface area contributed by atoms with E-state index in [9.17, 15) is 22.8 Å². The molecular weight excluding hydrogens is 353 g/mol. The molecule has 2 amide bonds. The third kappa shape index (κ3) is 4.50. The van der Waals surface area contributed by atoms with E-state index in [0.717, 1.165) is 11.3 Å². The summed E-state index contributed by atoms with van der Waals surface area (Å²) in [4.78, 5) is 30.8. The number of anilines is 2. The number of hydrogen-bond acceptors (Lipinski definition) is 5. The van der Waals surface area contributed by atoms with Gasteiger partial charge in [0.1, 0.15) is 11.9 Å². The van der Waals surface area contributed by atoms with E-state index in [1.165, 1.54) is 12.3 Å². The molecule has 0 bridgehead atoms. The Bertz CT molecular complexity index is 666. The summed E-state index contributed by atoms with van der Waals surface area (Å²) in [6.07, 6.45) is -1.65. The molecule has 1 unspecified atom stereocenters. The van der Waals surface area contributed by atoms with Crippen LogP contribution in [0.3, 0.4) is 0 Å². The zero-order valence-corrected chi connectivity index (χ0v) is 14.0. The van der Waals surface area contributed by atoms with Crippen LogP contribution in [0.5, 0.6) is 0 Å². The smallest absolute Gasteiger partial charge is 0.378 e. The van der Waals surface area contributed by atoms with Crippen LogP contribution in [0, 0.1) is 0 Å². The average Bonchev–Trinajstić information content (AvgIpc) is 3.00. The second-order valence-corrected chi connectivity index (χ2v) is 6.22. The minimum Gasteiger partial charge on any atom is -0.378 e. The van der Waals surface area contributed by atoms with E-state index in [4.69, 9.17) is 4.74 Å². The number of pyridine rings is 1. The van der Waals surface area contributed by atoms with Gasteiger partial charge in [-0.25, -0.2) is 4.98 Å². The summed E-state index contributed by atoms with van der Waals surface area (Å²) in [7, 11) is 0. The number of aromatic nitrogens is 1. The van der Waals surface area contributed by atoms with E-state index >= 15 is 0 Å². The summed E-state index contributed by atoms with van der Waals surface area (Å²) < 4.78 is 43.2. The monoisotopic (exact) mass is 372 g/mol. The molecule has 2 fully saturated rings. The van der Waals surface area contributed by atoms with Crippen molar-refractivity contribution in [2.24, 2.45) is 0 Å². The molecule has 1 atom stereocenters. The van der Waals surface area contributed by atoms with Crippen molar-refractivity contribution < 1.29 is 27.5 Å². The molecule has 2 aliphatic heterocycles. The fourth-order valence-electron chi connectivity index (χ4n) is 3.05. The maximum absolute atomic E-state index is 12.7. The number of hydrogen-bond donors (Lipinski definition) is 1. The Morgan fingerprint density at radius 1 is 1.35 bits per heavy atom. The van der Waals surface area contributed by atoms with Crippen molar-refractivity contribution in [3.8, 4) is 0 Å². The minimum absolute atomic E-state index is 0.0192. The Morgan fingerprint density at radius 2 is 2.15 bits per heavy atom. The normalized spacial score (nSPS) is 21.9. The number of halogens is 3. The van der Waals surface area contributed by atoms with Gasteiger partial charge in [0.25, 0.3) is 0 Å². The largest absolute Gasteiger partial charge is 0.401 e. The summed E-state index contributed by atoms with van der Waals surface area (Å²) in [6, 6.07) is 2.14. The fraction of sp³-hybridized carbons (Fsp3) is 0.562. The lowest BCUT2D eigenvalue weighted by atomic mass is 10.2. The van der Waals surface area contributed by atoms with Crippen LogP contribution < -0.4 is 10.2 Å². The van der Waals surface area contributed by atoms with Gasteiger partial charge in [-0.05, 0) is 18.6 Å². The molecule has 7 nitrogen and oxygen atoms in total. The first-order valence-corrected chi connectivity index (χ1v) is 8.29. The van der Waals surface area contributed by atoms with Crippen molar-refractivity contribution >= 4 is 23.3 Å². The van der Waals surface area contributed by atoms with E-state index in [1.54, 1.807) is 11.0 Å². The van der Waals surface area contributed by atoms with Crippen molar-refractivity contribution in [3.63, 3.8) is 0 Å². The van der Waals surface area contributed by atoms with Gasteiger partial charge < -0.3 is 15.0 Å². The zero-order chi connectivity index (χ0) is 18.7. The molecule has 1 aromatic rings. The number of amides is 2. The van der Waals surface area contributed by atoms with E-state index in [-0.39, 0.29) is 31.5 Å². The second kappa shape index (κ2) is 7.58. The Morgan fingerprint density at radius 3 is 2.77 bits per heavy atom. The standard InChI is InChI=1S/C16H19F3N4O3/c17-16(18,19)10-22-6-7-26-9-12(22)15(25)21-13-4-3-11(8-20-13)23-5-1-2-14(23)24/h3-4,8,12H,1-2,5-7,9-10H2,(H,20,21,25). The number of morpholine rings is 1. The van der Waals surface area contributed by atoms with Gasteiger partial charge in [0, 0.05) is 19.5 Å². The summed E-state index contributed by atoms with van der Waals surface area (Å²) >= 11 is 0.